The second kappa shape index (κ2) is 9.67. The van der Waals surface area contributed by atoms with Crippen LogP contribution in [0.4, 0.5) is 0 Å². The molecule has 0 aromatic heterocycles. The van der Waals surface area contributed by atoms with E-state index >= 15 is 0 Å². The molecule has 4 aliphatic carbocycles. The summed E-state index contributed by atoms with van der Waals surface area (Å²) >= 11 is 0. The van der Waals surface area contributed by atoms with Crippen LogP contribution < -0.4 is 5.73 Å². The van der Waals surface area contributed by atoms with E-state index in [-0.39, 0.29) is 16.9 Å². The molecule has 0 saturated heterocycles. The largest absolute Gasteiger partial charge is 0.508 e. The first-order valence-corrected chi connectivity index (χ1v) is 14.2. The number of carbonyl (C=O) groups excluding carboxylic acids is 4. The summed E-state index contributed by atoms with van der Waals surface area (Å²) < 4.78 is 6.07. The molecule has 1 amide bonds. The maximum atomic E-state index is 14.4. The van der Waals surface area contributed by atoms with E-state index in [0.29, 0.717) is 24.0 Å². The van der Waals surface area contributed by atoms with Gasteiger partial charge in [0.25, 0.3) is 5.91 Å². The summed E-state index contributed by atoms with van der Waals surface area (Å²) in [6.45, 7) is 7.36. The molecule has 226 valence electrons. The van der Waals surface area contributed by atoms with Crippen molar-refractivity contribution < 1.29 is 44.3 Å². The Bertz CT molecular complexity index is 1480. The number of esters is 1. The third kappa shape index (κ3) is 3.93. The molecule has 0 bridgehead atoms. The minimum absolute atomic E-state index is 0.00437. The Morgan fingerprint density at radius 1 is 1.10 bits per heavy atom. The van der Waals surface area contributed by atoms with Crippen LogP contribution in [0.25, 0.3) is 5.76 Å². The predicted molar refractivity (Wildman–Crippen MR) is 150 cm³/mol. The molecule has 11 heteroatoms. The molecule has 0 heterocycles. The summed E-state index contributed by atoms with van der Waals surface area (Å²) in [4.78, 5) is 55.1. The Morgan fingerprint density at radius 3 is 2.21 bits per heavy atom. The number of nitrogens with two attached hydrogens (primary N) is 1. The molecule has 6 N–H and O–H groups in total. The van der Waals surface area contributed by atoms with Gasteiger partial charge in [-0.2, -0.15) is 0 Å². The van der Waals surface area contributed by atoms with Crippen LogP contribution in [0.1, 0.15) is 69.6 Å². The lowest BCUT2D eigenvalue weighted by Crippen LogP contribution is -2.71. The number of phenolic OH excluding ortho intramolecular Hbond substituents is 1. The zero-order valence-corrected chi connectivity index (χ0v) is 24.6. The van der Waals surface area contributed by atoms with Gasteiger partial charge in [0.1, 0.15) is 28.9 Å². The molecular weight excluding hydrogens is 544 g/mol. The van der Waals surface area contributed by atoms with Crippen LogP contribution >= 0.6 is 0 Å². The van der Waals surface area contributed by atoms with Gasteiger partial charge in [-0.3, -0.25) is 24.1 Å². The standard InChI is InChI=1S/C31H38N2O9/c1-12-14-10-11-15(30(2,3)4)22(34)17(14)23(35)18-16(12)25(42-29(40)13-8-7-9-13)20-21(33(5)6)24(36)19(28(32)39)27(38)31(20,41)26(18)37/h10-13,16,20-21,25,34-35,38,41H,7-9H2,1-6H3,(H2,32,39)/t12-,16+,20+,21?,25-,31-/m0/s1. The highest BCUT2D eigenvalue weighted by Crippen LogP contribution is 2.57. The third-order valence-electron chi connectivity index (χ3n) is 9.60. The van der Waals surface area contributed by atoms with E-state index in [1.54, 1.807) is 19.1 Å². The van der Waals surface area contributed by atoms with Crippen molar-refractivity contribution >= 4 is 29.2 Å². The number of nitrogens with zero attached hydrogens (tertiary/aromatic N) is 1. The first kappa shape index (κ1) is 29.8. The lowest BCUT2D eigenvalue weighted by molar-refractivity contribution is -0.189. The fraction of sp³-hybridized carbons (Fsp3) is 0.548. The molecule has 11 nitrogen and oxygen atoms in total. The highest BCUT2D eigenvalue weighted by molar-refractivity contribution is 6.24. The number of fused-ring (bicyclic) bond motifs is 3. The summed E-state index contributed by atoms with van der Waals surface area (Å²) in [6, 6.07) is 2.08. The average molecular weight is 583 g/mol. The number of primary amides is 1. The van der Waals surface area contributed by atoms with E-state index in [2.05, 4.69) is 0 Å². The van der Waals surface area contributed by atoms with E-state index in [1.165, 1.54) is 19.0 Å². The first-order chi connectivity index (χ1) is 19.5. The summed E-state index contributed by atoms with van der Waals surface area (Å²) in [5.41, 5.74) is 1.62. The fourth-order valence-electron chi connectivity index (χ4n) is 7.21. The van der Waals surface area contributed by atoms with E-state index in [9.17, 15) is 39.6 Å². The number of aliphatic hydroxyl groups is 3. The zero-order chi connectivity index (χ0) is 31.2. The second-order valence-corrected chi connectivity index (χ2v) is 13.3. The molecule has 0 aliphatic heterocycles. The van der Waals surface area contributed by atoms with Crippen molar-refractivity contribution in [1.29, 1.82) is 0 Å². The molecule has 1 aromatic rings. The van der Waals surface area contributed by atoms with Crippen LogP contribution in [0.5, 0.6) is 5.75 Å². The van der Waals surface area contributed by atoms with Crippen molar-refractivity contribution in [1.82, 2.24) is 4.90 Å². The van der Waals surface area contributed by atoms with Gasteiger partial charge in [0.2, 0.25) is 5.78 Å². The molecular formula is C31H38N2O9. The number of hydrogen-bond donors (Lipinski definition) is 5. The smallest absolute Gasteiger partial charge is 0.309 e. The Hall–Kier alpha value is -3.70. The number of rotatable bonds is 4. The molecule has 42 heavy (non-hydrogen) atoms. The van der Waals surface area contributed by atoms with Crippen LogP contribution in [-0.2, 0) is 29.3 Å². The van der Waals surface area contributed by atoms with Crippen molar-refractivity contribution in [2.24, 2.45) is 23.5 Å². The molecule has 2 saturated carbocycles. The van der Waals surface area contributed by atoms with Gasteiger partial charge in [0.05, 0.1) is 23.4 Å². The Kier molecular flexibility index (Phi) is 6.86. The number of aliphatic hydroxyl groups excluding tert-OH is 2. The number of amides is 1. The molecule has 5 rings (SSSR count). The van der Waals surface area contributed by atoms with Crippen LogP contribution in [0, 0.1) is 17.8 Å². The van der Waals surface area contributed by atoms with Gasteiger partial charge in [-0.25, -0.2) is 0 Å². The monoisotopic (exact) mass is 582 g/mol. The third-order valence-corrected chi connectivity index (χ3v) is 9.60. The van der Waals surface area contributed by atoms with E-state index in [1.807, 2.05) is 20.8 Å². The SMILES string of the molecule is C[C@H]1c2ccc(C(C)(C)C)c(O)c2C(O)=C2C(=O)[C@]3(O)C(O)=C(C(N)=O)C(=O)C(N(C)C)[C@@H]3[C@@H](OC(=O)C3CCC3)[C@@H]21. The number of Topliss-reactive ketones (excluding diaryl/α,β-unsaturated/α-hetero) is 2. The maximum Gasteiger partial charge on any atom is 0.309 e. The zero-order valence-electron chi connectivity index (χ0n) is 24.6. The van der Waals surface area contributed by atoms with Gasteiger partial charge < -0.3 is 30.9 Å². The average Bonchev–Trinajstić information content (AvgIpc) is 2.83. The first-order valence-electron chi connectivity index (χ1n) is 14.2. The molecule has 1 unspecified atom stereocenters. The maximum absolute atomic E-state index is 14.4. The lowest BCUT2D eigenvalue weighted by atomic mass is 9.54. The highest BCUT2D eigenvalue weighted by Gasteiger charge is 2.69. The van der Waals surface area contributed by atoms with Gasteiger partial charge in [-0.1, -0.05) is 46.2 Å². The van der Waals surface area contributed by atoms with Crippen LogP contribution in [0.15, 0.2) is 29.0 Å². The van der Waals surface area contributed by atoms with Crippen molar-refractivity contribution in [3.63, 3.8) is 0 Å². The minimum atomic E-state index is -2.95. The van der Waals surface area contributed by atoms with Crippen LogP contribution in [-0.4, -0.2) is 80.6 Å². The van der Waals surface area contributed by atoms with Crippen LogP contribution in [0.2, 0.25) is 0 Å². The number of likely N-dealkylation sites (N-methyl/N-ethyl adjacent to an activating group) is 1. The lowest BCUT2D eigenvalue weighted by Gasteiger charge is -2.54. The Labute approximate surface area is 243 Å². The molecule has 6 atom stereocenters. The predicted octanol–water partition coefficient (Wildman–Crippen LogP) is 2.14. The highest BCUT2D eigenvalue weighted by atomic mass is 16.5. The molecule has 0 spiro atoms. The van der Waals surface area contributed by atoms with Crippen molar-refractivity contribution in [2.75, 3.05) is 14.1 Å². The van der Waals surface area contributed by atoms with Crippen LogP contribution in [0.3, 0.4) is 0 Å². The Morgan fingerprint density at radius 2 is 1.71 bits per heavy atom. The quantitative estimate of drug-likeness (QED) is 0.260. The summed E-state index contributed by atoms with van der Waals surface area (Å²) in [5.74, 6) is -9.82. The number of benzene rings is 1. The number of carbonyl (C=O) groups is 4. The van der Waals surface area contributed by atoms with Gasteiger partial charge in [-0.05, 0) is 43.8 Å². The number of hydrogen-bond acceptors (Lipinski definition) is 10. The van der Waals surface area contributed by atoms with Gasteiger partial charge >= 0.3 is 5.97 Å². The second-order valence-electron chi connectivity index (χ2n) is 13.3. The fourth-order valence-corrected chi connectivity index (χ4v) is 7.21. The van der Waals surface area contributed by atoms with Gasteiger partial charge in [0, 0.05) is 17.1 Å². The summed E-state index contributed by atoms with van der Waals surface area (Å²) in [7, 11) is 2.99. The minimum Gasteiger partial charge on any atom is -0.508 e. The number of ketones is 2. The van der Waals surface area contributed by atoms with Gasteiger partial charge in [-0.15, -0.1) is 0 Å². The number of ether oxygens (including phenoxy) is 1. The topological polar surface area (TPSA) is 188 Å². The number of aromatic hydroxyl groups is 1. The van der Waals surface area contributed by atoms with Gasteiger partial charge in [0.15, 0.2) is 11.4 Å². The van der Waals surface area contributed by atoms with Crippen molar-refractivity contribution in [2.45, 2.75) is 76.0 Å². The van der Waals surface area contributed by atoms with E-state index in [4.69, 9.17) is 10.5 Å². The number of phenols is 1. The molecule has 1 aromatic carbocycles. The van der Waals surface area contributed by atoms with E-state index < -0.39 is 87.4 Å². The summed E-state index contributed by atoms with van der Waals surface area (Å²) in [6.07, 6.45) is 0.619. The molecule has 2 fully saturated rings. The normalized spacial score (nSPS) is 31.4. The van der Waals surface area contributed by atoms with Crippen molar-refractivity contribution in [3.05, 3.63) is 45.7 Å². The molecule has 4 aliphatic rings. The molecule has 0 radical (unpaired) electrons. The summed E-state index contributed by atoms with van der Waals surface area (Å²) in [5, 5.41) is 46.5. The Balaban J connectivity index is 1.83. The van der Waals surface area contributed by atoms with E-state index in [0.717, 1.165) is 6.42 Å². The van der Waals surface area contributed by atoms with Crippen molar-refractivity contribution in [3.8, 4) is 5.75 Å².